The van der Waals surface area contributed by atoms with E-state index in [1.54, 1.807) is 11.3 Å². The normalized spacial score (nSPS) is 14.8. The standard InChI is InChI=1S/C13H16BrN3S/c1-15-7-12-16-13(11-6-9(14)8-18-11)10-4-2-3-5-17(10)12/h6,8,15H,2-5,7H2,1H3. The Balaban J connectivity index is 2.08. The third-order valence-electron chi connectivity index (χ3n) is 3.33. The number of nitrogens with zero attached hydrogens (tertiary/aromatic N) is 2. The Kier molecular flexibility index (Phi) is 3.54. The molecule has 0 saturated heterocycles. The monoisotopic (exact) mass is 325 g/mol. The van der Waals surface area contributed by atoms with Gasteiger partial charge in [0.05, 0.1) is 11.4 Å². The van der Waals surface area contributed by atoms with Gasteiger partial charge in [-0.15, -0.1) is 11.3 Å². The van der Waals surface area contributed by atoms with E-state index in [1.165, 1.54) is 34.9 Å². The molecule has 0 spiro atoms. The van der Waals surface area contributed by atoms with Crippen molar-refractivity contribution in [2.45, 2.75) is 32.4 Å². The molecular formula is C13H16BrN3S. The predicted octanol–water partition coefficient (Wildman–Crippen LogP) is 3.43. The Hall–Kier alpha value is -0.650. The predicted molar refractivity (Wildman–Crippen MR) is 78.9 cm³/mol. The van der Waals surface area contributed by atoms with Crippen LogP contribution in [0.25, 0.3) is 10.6 Å². The molecule has 96 valence electrons. The lowest BCUT2D eigenvalue weighted by Crippen LogP contribution is -2.16. The van der Waals surface area contributed by atoms with Gasteiger partial charge in [0.15, 0.2) is 0 Å². The topological polar surface area (TPSA) is 29.9 Å². The average molecular weight is 326 g/mol. The Bertz CT molecular complexity index is 559. The van der Waals surface area contributed by atoms with Crippen molar-refractivity contribution < 1.29 is 0 Å². The maximum atomic E-state index is 4.86. The Morgan fingerprint density at radius 3 is 3.11 bits per heavy atom. The first-order valence-corrected chi connectivity index (χ1v) is 7.94. The zero-order valence-electron chi connectivity index (χ0n) is 10.4. The van der Waals surface area contributed by atoms with Gasteiger partial charge in [-0.25, -0.2) is 4.98 Å². The molecule has 0 bridgehead atoms. The van der Waals surface area contributed by atoms with E-state index in [2.05, 4.69) is 37.3 Å². The van der Waals surface area contributed by atoms with E-state index < -0.39 is 0 Å². The Labute approximate surface area is 119 Å². The molecule has 0 amide bonds. The molecule has 5 heteroatoms. The second-order valence-electron chi connectivity index (χ2n) is 4.59. The van der Waals surface area contributed by atoms with Gasteiger partial charge in [0.1, 0.15) is 11.5 Å². The number of hydrogen-bond acceptors (Lipinski definition) is 3. The number of hydrogen-bond donors (Lipinski definition) is 1. The maximum Gasteiger partial charge on any atom is 0.123 e. The van der Waals surface area contributed by atoms with Gasteiger partial charge in [-0.05, 0) is 48.3 Å². The summed E-state index contributed by atoms with van der Waals surface area (Å²) in [5, 5.41) is 5.34. The van der Waals surface area contributed by atoms with E-state index in [0.717, 1.165) is 24.0 Å². The van der Waals surface area contributed by atoms with Crippen molar-refractivity contribution in [1.29, 1.82) is 0 Å². The minimum atomic E-state index is 0.847. The molecule has 2 aromatic rings. The van der Waals surface area contributed by atoms with Crippen LogP contribution in [0, 0.1) is 0 Å². The number of thiophene rings is 1. The summed E-state index contributed by atoms with van der Waals surface area (Å²) < 4.78 is 3.55. The second-order valence-corrected chi connectivity index (χ2v) is 6.42. The van der Waals surface area contributed by atoms with E-state index in [1.807, 2.05) is 7.05 Å². The minimum absolute atomic E-state index is 0.847. The van der Waals surface area contributed by atoms with Crippen LogP contribution in [0.3, 0.4) is 0 Å². The van der Waals surface area contributed by atoms with Crippen LogP contribution in [-0.4, -0.2) is 16.6 Å². The van der Waals surface area contributed by atoms with E-state index >= 15 is 0 Å². The molecule has 1 aliphatic rings. The van der Waals surface area contributed by atoms with E-state index in [-0.39, 0.29) is 0 Å². The van der Waals surface area contributed by atoms with Crippen molar-refractivity contribution in [3.05, 3.63) is 27.4 Å². The highest BCUT2D eigenvalue weighted by molar-refractivity contribution is 9.10. The van der Waals surface area contributed by atoms with Crippen molar-refractivity contribution in [2.24, 2.45) is 0 Å². The molecule has 3 heterocycles. The van der Waals surface area contributed by atoms with Gasteiger partial charge in [0, 0.05) is 22.1 Å². The fourth-order valence-corrected chi connectivity index (χ4v) is 3.98. The third-order valence-corrected chi connectivity index (χ3v) is 5.03. The molecule has 0 radical (unpaired) electrons. The summed E-state index contributed by atoms with van der Waals surface area (Å²) in [5.41, 5.74) is 2.61. The first-order chi connectivity index (χ1) is 8.79. The van der Waals surface area contributed by atoms with Crippen LogP contribution >= 0.6 is 27.3 Å². The number of fused-ring (bicyclic) bond motifs is 1. The molecule has 0 fully saturated rings. The Morgan fingerprint density at radius 2 is 2.39 bits per heavy atom. The van der Waals surface area contributed by atoms with Crippen molar-refractivity contribution in [2.75, 3.05) is 7.05 Å². The number of halogens is 1. The summed E-state index contributed by atoms with van der Waals surface area (Å²) in [7, 11) is 1.98. The molecule has 2 aromatic heterocycles. The van der Waals surface area contributed by atoms with Crippen LogP contribution in [0.15, 0.2) is 15.9 Å². The van der Waals surface area contributed by atoms with Gasteiger partial charge in [0.25, 0.3) is 0 Å². The summed E-state index contributed by atoms with van der Waals surface area (Å²) in [6.07, 6.45) is 3.71. The molecule has 18 heavy (non-hydrogen) atoms. The lowest BCUT2D eigenvalue weighted by atomic mass is 10.1. The number of imidazole rings is 1. The van der Waals surface area contributed by atoms with Gasteiger partial charge in [-0.3, -0.25) is 0 Å². The highest BCUT2D eigenvalue weighted by Crippen LogP contribution is 2.34. The molecule has 1 N–H and O–H groups in total. The summed E-state index contributed by atoms with van der Waals surface area (Å²) in [4.78, 5) is 6.13. The van der Waals surface area contributed by atoms with Gasteiger partial charge in [-0.1, -0.05) is 0 Å². The third kappa shape index (κ3) is 2.15. The zero-order chi connectivity index (χ0) is 12.5. The quantitative estimate of drug-likeness (QED) is 0.936. The molecule has 0 aromatic carbocycles. The smallest absolute Gasteiger partial charge is 0.123 e. The van der Waals surface area contributed by atoms with Gasteiger partial charge >= 0.3 is 0 Å². The van der Waals surface area contributed by atoms with E-state index in [0.29, 0.717) is 0 Å². The van der Waals surface area contributed by atoms with Gasteiger partial charge in [0.2, 0.25) is 0 Å². The van der Waals surface area contributed by atoms with Crippen LogP contribution < -0.4 is 5.32 Å². The van der Waals surface area contributed by atoms with Crippen LogP contribution in [0.2, 0.25) is 0 Å². The number of aromatic nitrogens is 2. The number of rotatable bonds is 3. The lowest BCUT2D eigenvalue weighted by molar-refractivity contribution is 0.508. The van der Waals surface area contributed by atoms with Crippen LogP contribution in [0.5, 0.6) is 0 Å². The fraction of sp³-hybridized carbons (Fsp3) is 0.462. The summed E-state index contributed by atoms with van der Waals surface area (Å²) >= 11 is 5.29. The van der Waals surface area contributed by atoms with E-state index in [9.17, 15) is 0 Å². The summed E-state index contributed by atoms with van der Waals surface area (Å²) in [6.45, 7) is 1.96. The van der Waals surface area contributed by atoms with Gasteiger partial charge < -0.3 is 9.88 Å². The molecule has 0 aliphatic carbocycles. The molecule has 3 rings (SSSR count). The van der Waals surface area contributed by atoms with Crippen molar-refractivity contribution in [3.8, 4) is 10.6 Å². The first-order valence-electron chi connectivity index (χ1n) is 6.27. The molecule has 1 aliphatic heterocycles. The SMILES string of the molecule is CNCc1nc(-c2cc(Br)cs2)c2n1CCCC2. The second kappa shape index (κ2) is 5.15. The fourth-order valence-electron chi connectivity index (χ4n) is 2.54. The maximum absolute atomic E-state index is 4.86. The van der Waals surface area contributed by atoms with Crippen molar-refractivity contribution in [1.82, 2.24) is 14.9 Å². The molecule has 3 nitrogen and oxygen atoms in total. The molecule has 0 unspecified atom stereocenters. The number of nitrogens with one attached hydrogen (secondary N) is 1. The van der Waals surface area contributed by atoms with Crippen molar-refractivity contribution >= 4 is 27.3 Å². The van der Waals surface area contributed by atoms with E-state index in [4.69, 9.17) is 4.98 Å². The lowest BCUT2D eigenvalue weighted by Gasteiger charge is -2.17. The highest BCUT2D eigenvalue weighted by atomic mass is 79.9. The molecular weight excluding hydrogens is 310 g/mol. The Morgan fingerprint density at radius 1 is 1.50 bits per heavy atom. The molecule has 0 saturated carbocycles. The average Bonchev–Trinajstić information content (AvgIpc) is 2.95. The zero-order valence-corrected chi connectivity index (χ0v) is 12.8. The van der Waals surface area contributed by atoms with Crippen LogP contribution in [0.1, 0.15) is 24.4 Å². The van der Waals surface area contributed by atoms with Gasteiger partial charge in [-0.2, -0.15) is 0 Å². The summed E-state index contributed by atoms with van der Waals surface area (Å²) in [6, 6.07) is 2.17. The van der Waals surface area contributed by atoms with Crippen LogP contribution in [-0.2, 0) is 19.5 Å². The summed E-state index contributed by atoms with van der Waals surface area (Å²) in [5.74, 6) is 1.17. The largest absolute Gasteiger partial charge is 0.330 e. The van der Waals surface area contributed by atoms with Crippen molar-refractivity contribution in [3.63, 3.8) is 0 Å². The minimum Gasteiger partial charge on any atom is -0.330 e. The molecule has 0 atom stereocenters. The highest BCUT2D eigenvalue weighted by Gasteiger charge is 2.21. The first kappa shape index (κ1) is 12.4. The van der Waals surface area contributed by atoms with Crippen LogP contribution in [0.4, 0.5) is 0 Å².